The molecule has 1 aromatic heterocycles. The first kappa shape index (κ1) is 21.4. The zero-order valence-electron chi connectivity index (χ0n) is 19.0. The first-order valence-corrected chi connectivity index (χ1v) is 11.4. The van der Waals surface area contributed by atoms with Crippen LogP contribution in [0.25, 0.3) is 11.0 Å². The zero-order valence-corrected chi connectivity index (χ0v) is 19.0. The van der Waals surface area contributed by atoms with Gasteiger partial charge < -0.3 is 14.6 Å². The normalized spacial score (nSPS) is 19.0. The van der Waals surface area contributed by atoms with E-state index < -0.39 is 0 Å². The minimum absolute atomic E-state index is 0.233. The molecule has 4 rings (SSSR count). The van der Waals surface area contributed by atoms with Gasteiger partial charge in [0.25, 0.3) is 0 Å². The van der Waals surface area contributed by atoms with Crippen molar-refractivity contribution in [3.8, 4) is 0 Å². The molecule has 1 N–H and O–H groups in total. The molecular weight excluding hydrogens is 386 g/mol. The average Bonchev–Trinajstić information content (AvgIpc) is 3.11. The number of anilines is 2. The summed E-state index contributed by atoms with van der Waals surface area (Å²) in [6.45, 7) is 6.76. The number of hydrogen-bond acceptors (Lipinski definition) is 4. The van der Waals surface area contributed by atoms with Crippen molar-refractivity contribution in [3.05, 3.63) is 53.6 Å². The Kier molecular flexibility index (Phi) is 6.30. The van der Waals surface area contributed by atoms with Gasteiger partial charge in [0, 0.05) is 11.7 Å². The quantitative estimate of drug-likeness (QED) is 0.472. The molecule has 2 aromatic carbocycles. The van der Waals surface area contributed by atoms with Crippen molar-refractivity contribution in [2.24, 2.45) is 5.92 Å². The highest BCUT2D eigenvalue weighted by Crippen LogP contribution is 2.37. The third-order valence-corrected chi connectivity index (χ3v) is 6.44. The number of fused-ring (bicyclic) bond motifs is 1. The molecule has 1 fully saturated rings. The van der Waals surface area contributed by atoms with E-state index in [9.17, 15) is 4.79 Å². The van der Waals surface area contributed by atoms with E-state index in [-0.39, 0.29) is 12.4 Å². The number of esters is 1. The standard InChI is InChI=1S/C26H33N3O2/c1-17(2)20-9-11-21(12-10-20)27-26-28-23-15-19(16-25(30)31-4)8-13-24(23)29(26)22-7-5-6-18(3)14-22/h8-13,15,17-18,22H,5-7,14,16H2,1-4H3,(H,27,28). The Bertz CT molecular complexity index is 1050. The second-order valence-corrected chi connectivity index (χ2v) is 9.21. The van der Waals surface area contributed by atoms with Crippen LogP contribution in [-0.4, -0.2) is 22.6 Å². The van der Waals surface area contributed by atoms with E-state index in [2.05, 4.69) is 61.0 Å². The van der Waals surface area contributed by atoms with E-state index in [1.165, 1.54) is 31.9 Å². The molecule has 5 heteroatoms. The summed E-state index contributed by atoms with van der Waals surface area (Å²) >= 11 is 0. The number of carbonyl (C=O) groups is 1. The lowest BCUT2D eigenvalue weighted by molar-refractivity contribution is -0.139. The summed E-state index contributed by atoms with van der Waals surface area (Å²) in [5.74, 6) is 1.87. The van der Waals surface area contributed by atoms with Crippen molar-refractivity contribution in [2.45, 2.75) is 64.8 Å². The fourth-order valence-corrected chi connectivity index (χ4v) is 4.67. The first-order valence-electron chi connectivity index (χ1n) is 11.4. The number of rotatable bonds is 6. The van der Waals surface area contributed by atoms with Crippen LogP contribution >= 0.6 is 0 Å². The molecule has 2 atom stereocenters. The molecule has 0 amide bonds. The van der Waals surface area contributed by atoms with Crippen LogP contribution in [-0.2, 0) is 16.0 Å². The van der Waals surface area contributed by atoms with Gasteiger partial charge in [0.1, 0.15) is 0 Å². The number of carbonyl (C=O) groups excluding carboxylic acids is 1. The fraction of sp³-hybridized carbons (Fsp3) is 0.462. The van der Waals surface area contributed by atoms with Crippen LogP contribution in [0.2, 0.25) is 0 Å². The lowest BCUT2D eigenvalue weighted by Crippen LogP contribution is -2.19. The Hall–Kier alpha value is -2.82. The molecule has 3 aromatic rings. The molecule has 1 heterocycles. The largest absolute Gasteiger partial charge is 0.469 e. The van der Waals surface area contributed by atoms with Crippen LogP contribution in [0.4, 0.5) is 11.6 Å². The summed E-state index contributed by atoms with van der Waals surface area (Å²) in [6, 6.07) is 15.2. The number of methoxy groups -OCH3 is 1. The highest BCUT2D eigenvalue weighted by atomic mass is 16.5. The summed E-state index contributed by atoms with van der Waals surface area (Å²) < 4.78 is 7.21. The molecule has 5 nitrogen and oxygen atoms in total. The van der Waals surface area contributed by atoms with Gasteiger partial charge in [-0.2, -0.15) is 0 Å². The van der Waals surface area contributed by atoms with Gasteiger partial charge in [-0.3, -0.25) is 4.79 Å². The van der Waals surface area contributed by atoms with Gasteiger partial charge >= 0.3 is 5.97 Å². The van der Waals surface area contributed by atoms with Crippen LogP contribution in [0.1, 0.15) is 69.5 Å². The molecule has 2 unspecified atom stereocenters. The first-order chi connectivity index (χ1) is 14.9. The molecule has 1 saturated carbocycles. The lowest BCUT2D eigenvalue weighted by Gasteiger charge is -2.29. The molecule has 31 heavy (non-hydrogen) atoms. The van der Waals surface area contributed by atoms with Gasteiger partial charge in [0.2, 0.25) is 5.95 Å². The summed E-state index contributed by atoms with van der Waals surface area (Å²) in [5, 5.41) is 3.57. The van der Waals surface area contributed by atoms with Gasteiger partial charge in [-0.25, -0.2) is 4.98 Å². The van der Waals surface area contributed by atoms with Crippen LogP contribution in [0.15, 0.2) is 42.5 Å². The Labute approximate surface area is 184 Å². The van der Waals surface area contributed by atoms with Crippen molar-refractivity contribution in [2.75, 3.05) is 12.4 Å². The second-order valence-electron chi connectivity index (χ2n) is 9.21. The second kappa shape index (κ2) is 9.13. The van der Waals surface area contributed by atoms with E-state index in [0.29, 0.717) is 17.9 Å². The number of imidazole rings is 1. The Morgan fingerprint density at radius 3 is 2.65 bits per heavy atom. The minimum Gasteiger partial charge on any atom is -0.469 e. The van der Waals surface area contributed by atoms with Crippen LogP contribution in [0.3, 0.4) is 0 Å². The monoisotopic (exact) mass is 419 g/mol. The molecular formula is C26H33N3O2. The van der Waals surface area contributed by atoms with Crippen molar-refractivity contribution in [1.82, 2.24) is 9.55 Å². The number of nitrogens with one attached hydrogen (secondary N) is 1. The number of ether oxygens (including phenoxy) is 1. The summed E-state index contributed by atoms with van der Waals surface area (Å²) in [5.41, 5.74) is 5.33. The molecule has 0 spiro atoms. The third-order valence-electron chi connectivity index (χ3n) is 6.44. The number of nitrogens with zero attached hydrogens (tertiary/aromatic N) is 2. The van der Waals surface area contributed by atoms with E-state index in [1.807, 2.05) is 12.1 Å². The van der Waals surface area contributed by atoms with E-state index in [0.717, 1.165) is 34.7 Å². The number of benzene rings is 2. The van der Waals surface area contributed by atoms with Crippen molar-refractivity contribution in [3.63, 3.8) is 0 Å². The lowest BCUT2D eigenvalue weighted by atomic mass is 9.87. The van der Waals surface area contributed by atoms with Crippen LogP contribution in [0.5, 0.6) is 0 Å². The molecule has 0 aliphatic heterocycles. The average molecular weight is 420 g/mol. The van der Waals surface area contributed by atoms with Crippen molar-refractivity contribution in [1.29, 1.82) is 0 Å². The van der Waals surface area contributed by atoms with Gasteiger partial charge in [0.05, 0.1) is 24.6 Å². The number of aromatic nitrogens is 2. The predicted molar refractivity (Wildman–Crippen MR) is 126 cm³/mol. The maximum absolute atomic E-state index is 11.7. The van der Waals surface area contributed by atoms with Gasteiger partial charge in [0.15, 0.2) is 0 Å². The van der Waals surface area contributed by atoms with Gasteiger partial charge in [-0.15, -0.1) is 0 Å². The molecule has 0 saturated heterocycles. The van der Waals surface area contributed by atoms with Crippen molar-refractivity contribution < 1.29 is 9.53 Å². The number of hydrogen-bond donors (Lipinski definition) is 1. The molecule has 0 radical (unpaired) electrons. The molecule has 0 bridgehead atoms. The highest BCUT2D eigenvalue weighted by Gasteiger charge is 2.25. The van der Waals surface area contributed by atoms with Crippen molar-refractivity contribution >= 4 is 28.6 Å². The summed E-state index contributed by atoms with van der Waals surface area (Å²) in [6.07, 6.45) is 5.14. The summed E-state index contributed by atoms with van der Waals surface area (Å²) in [7, 11) is 1.42. The Balaban J connectivity index is 1.72. The van der Waals surface area contributed by atoms with E-state index in [1.54, 1.807) is 0 Å². The molecule has 1 aliphatic rings. The topological polar surface area (TPSA) is 56.1 Å². The molecule has 1 aliphatic carbocycles. The minimum atomic E-state index is -0.233. The maximum Gasteiger partial charge on any atom is 0.309 e. The Morgan fingerprint density at radius 1 is 1.19 bits per heavy atom. The van der Waals surface area contributed by atoms with E-state index in [4.69, 9.17) is 9.72 Å². The van der Waals surface area contributed by atoms with Gasteiger partial charge in [-0.05, 0) is 60.1 Å². The van der Waals surface area contributed by atoms with E-state index >= 15 is 0 Å². The highest BCUT2D eigenvalue weighted by molar-refractivity contribution is 5.82. The SMILES string of the molecule is COC(=O)Cc1ccc2c(c1)nc(Nc1ccc(C(C)C)cc1)n2C1CCCC(C)C1. The zero-order chi connectivity index (χ0) is 22.0. The summed E-state index contributed by atoms with van der Waals surface area (Å²) in [4.78, 5) is 16.7. The smallest absolute Gasteiger partial charge is 0.309 e. The molecule has 164 valence electrons. The van der Waals surface area contributed by atoms with Gasteiger partial charge in [-0.1, -0.05) is 51.8 Å². The third kappa shape index (κ3) is 4.76. The Morgan fingerprint density at radius 2 is 1.97 bits per heavy atom. The fourth-order valence-electron chi connectivity index (χ4n) is 4.67. The van der Waals surface area contributed by atoms with Crippen LogP contribution in [0, 0.1) is 5.92 Å². The maximum atomic E-state index is 11.7. The predicted octanol–water partition coefficient (Wildman–Crippen LogP) is 6.37. The van der Waals surface area contributed by atoms with Crippen LogP contribution < -0.4 is 5.32 Å².